The second-order valence-corrected chi connectivity index (χ2v) is 5.94. The van der Waals surface area contributed by atoms with Crippen molar-refractivity contribution in [3.05, 3.63) is 68.2 Å². The van der Waals surface area contributed by atoms with Crippen LogP contribution in [-0.2, 0) is 0 Å². The van der Waals surface area contributed by atoms with Gasteiger partial charge in [-0.15, -0.1) is 0 Å². The molecule has 0 bridgehead atoms. The summed E-state index contributed by atoms with van der Waals surface area (Å²) in [6.45, 7) is 4.94. The maximum Gasteiger partial charge on any atom is 0.0594 e. The van der Waals surface area contributed by atoms with Crippen LogP contribution >= 0.6 is 34.8 Å². The number of aryl methyl sites for hydroxylation is 1. The van der Waals surface area contributed by atoms with Gasteiger partial charge < -0.3 is 5.32 Å². The third-order valence-electron chi connectivity index (χ3n) is 3.22. The van der Waals surface area contributed by atoms with E-state index in [0.717, 1.165) is 28.3 Å². The molecule has 0 saturated heterocycles. The van der Waals surface area contributed by atoms with E-state index >= 15 is 0 Å². The van der Waals surface area contributed by atoms with Crippen molar-refractivity contribution in [2.24, 2.45) is 0 Å². The fourth-order valence-corrected chi connectivity index (χ4v) is 2.92. The highest BCUT2D eigenvalue weighted by Crippen LogP contribution is 2.32. The summed E-state index contributed by atoms with van der Waals surface area (Å²) in [6, 6.07) is 11.4. The Kier molecular flexibility index (Phi) is 5.34. The Labute approximate surface area is 134 Å². The van der Waals surface area contributed by atoms with E-state index in [4.69, 9.17) is 34.8 Å². The van der Waals surface area contributed by atoms with Gasteiger partial charge in [0.2, 0.25) is 0 Å². The van der Waals surface area contributed by atoms with E-state index in [1.54, 1.807) is 6.07 Å². The van der Waals surface area contributed by atoms with Gasteiger partial charge in [0.15, 0.2) is 0 Å². The van der Waals surface area contributed by atoms with Crippen LogP contribution in [0.15, 0.2) is 36.4 Å². The lowest BCUT2D eigenvalue weighted by molar-refractivity contribution is 0.628. The number of rotatable bonds is 4. The van der Waals surface area contributed by atoms with Gasteiger partial charge in [-0.05, 0) is 60.5 Å². The zero-order valence-corrected chi connectivity index (χ0v) is 13.7. The normalized spacial score (nSPS) is 12.4. The number of hydrogen-bond acceptors (Lipinski definition) is 1. The number of nitrogens with one attached hydrogen (secondary N) is 1. The van der Waals surface area contributed by atoms with Gasteiger partial charge in [-0.25, -0.2) is 0 Å². The van der Waals surface area contributed by atoms with Crippen molar-refractivity contribution in [3.8, 4) is 0 Å². The smallest absolute Gasteiger partial charge is 0.0594 e. The van der Waals surface area contributed by atoms with Gasteiger partial charge in [-0.2, -0.15) is 0 Å². The summed E-state index contributed by atoms with van der Waals surface area (Å²) in [5, 5.41) is 5.58. The molecule has 0 aliphatic carbocycles. The molecule has 4 heteroatoms. The number of hydrogen-bond donors (Lipinski definition) is 1. The molecule has 0 radical (unpaired) electrons. The Hall–Kier alpha value is -0.730. The lowest BCUT2D eigenvalue weighted by Gasteiger charge is -2.22. The zero-order chi connectivity index (χ0) is 14.7. The molecule has 0 aliphatic heterocycles. The second-order valence-electron chi connectivity index (χ2n) is 4.66. The Morgan fingerprint density at radius 3 is 2.25 bits per heavy atom. The molecule has 2 rings (SSSR count). The van der Waals surface area contributed by atoms with Gasteiger partial charge in [0.1, 0.15) is 0 Å². The van der Waals surface area contributed by atoms with Crippen LogP contribution in [-0.4, -0.2) is 6.54 Å². The summed E-state index contributed by atoms with van der Waals surface area (Å²) >= 11 is 18.5. The minimum Gasteiger partial charge on any atom is -0.306 e. The Morgan fingerprint density at radius 1 is 0.950 bits per heavy atom. The van der Waals surface area contributed by atoms with Crippen molar-refractivity contribution >= 4 is 34.8 Å². The molecule has 20 heavy (non-hydrogen) atoms. The van der Waals surface area contributed by atoms with E-state index < -0.39 is 0 Å². The monoisotopic (exact) mass is 327 g/mol. The van der Waals surface area contributed by atoms with Gasteiger partial charge in [0.05, 0.1) is 6.04 Å². The van der Waals surface area contributed by atoms with Gasteiger partial charge >= 0.3 is 0 Å². The lowest BCUT2D eigenvalue weighted by atomic mass is 9.95. The van der Waals surface area contributed by atoms with Crippen LogP contribution in [0.4, 0.5) is 0 Å². The Bertz CT molecular complexity index is 611. The molecule has 2 aromatic carbocycles. The van der Waals surface area contributed by atoms with Crippen LogP contribution in [0.25, 0.3) is 0 Å². The predicted octanol–water partition coefficient (Wildman–Crippen LogP) is 5.65. The average Bonchev–Trinajstić information content (AvgIpc) is 2.40. The van der Waals surface area contributed by atoms with Crippen LogP contribution in [0, 0.1) is 6.92 Å². The van der Waals surface area contributed by atoms with Gasteiger partial charge in [-0.1, -0.05) is 47.8 Å². The molecule has 0 amide bonds. The molecule has 1 nitrogen and oxygen atoms in total. The summed E-state index contributed by atoms with van der Waals surface area (Å²) in [6.07, 6.45) is 0. The van der Waals surface area contributed by atoms with Gasteiger partial charge in [0, 0.05) is 15.1 Å². The highest BCUT2D eigenvalue weighted by molar-refractivity contribution is 6.33. The molecular weight excluding hydrogens is 313 g/mol. The van der Waals surface area contributed by atoms with Crippen LogP contribution in [0.1, 0.15) is 29.7 Å². The van der Waals surface area contributed by atoms with Crippen LogP contribution in [0.3, 0.4) is 0 Å². The van der Waals surface area contributed by atoms with Crippen LogP contribution in [0.5, 0.6) is 0 Å². The molecule has 0 fully saturated rings. The molecule has 0 aromatic heterocycles. The van der Waals surface area contributed by atoms with Crippen molar-refractivity contribution < 1.29 is 0 Å². The molecule has 0 heterocycles. The molecule has 106 valence electrons. The summed E-state index contributed by atoms with van der Waals surface area (Å²) in [4.78, 5) is 0. The summed E-state index contributed by atoms with van der Waals surface area (Å²) in [7, 11) is 0. The minimum absolute atomic E-state index is 0.00321. The first-order valence-corrected chi connectivity index (χ1v) is 7.60. The standard InChI is InChI=1S/C16H16Cl3N/c1-3-20-16(13-6-4-11(17)8-10(13)2)14-9-12(18)5-7-15(14)19/h4-9,16,20H,3H2,1-2H3. The summed E-state index contributed by atoms with van der Waals surface area (Å²) in [5.41, 5.74) is 3.26. The summed E-state index contributed by atoms with van der Waals surface area (Å²) < 4.78 is 0. The maximum absolute atomic E-state index is 6.34. The van der Waals surface area contributed by atoms with E-state index in [9.17, 15) is 0 Å². The molecule has 1 N–H and O–H groups in total. The first-order chi connectivity index (χ1) is 9.52. The van der Waals surface area contributed by atoms with Crippen molar-refractivity contribution in [2.45, 2.75) is 19.9 Å². The molecule has 0 spiro atoms. The number of benzene rings is 2. The lowest BCUT2D eigenvalue weighted by Crippen LogP contribution is -2.23. The van der Waals surface area contributed by atoms with Gasteiger partial charge in [-0.3, -0.25) is 0 Å². The first kappa shape index (κ1) is 15.7. The van der Waals surface area contributed by atoms with E-state index in [2.05, 4.69) is 12.2 Å². The minimum atomic E-state index is 0.00321. The largest absolute Gasteiger partial charge is 0.306 e. The van der Waals surface area contributed by atoms with E-state index in [1.165, 1.54) is 0 Å². The fraction of sp³-hybridized carbons (Fsp3) is 0.250. The zero-order valence-electron chi connectivity index (χ0n) is 11.4. The summed E-state index contributed by atoms with van der Waals surface area (Å²) in [5.74, 6) is 0. The molecule has 0 aliphatic rings. The molecule has 1 unspecified atom stereocenters. The van der Waals surface area contributed by atoms with Crippen molar-refractivity contribution in [3.63, 3.8) is 0 Å². The molecule has 1 atom stereocenters. The predicted molar refractivity (Wildman–Crippen MR) is 88.2 cm³/mol. The SMILES string of the molecule is CCNC(c1ccc(Cl)cc1C)c1cc(Cl)ccc1Cl. The average molecular weight is 329 g/mol. The topological polar surface area (TPSA) is 12.0 Å². The first-order valence-electron chi connectivity index (χ1n) is 6.47. The highest BCUT2D eigenvalue weighted by Gasteiger charge is 2.18. The van der Waals surface area contributed by atoms with Gasteiger partial charge in [0.25, 0.3) is 0 Å². The highest BCUT2D eigenvalue weighted by atomic mass is 35.5. The quantitative estimate of drug-likeness (QED) is 0.764. The number of halogens is 3. The molecular formula is C16H16Cl3N. The third kappa shape index (κ3) is 3.48. The maximum atomic E-state index is 6.34. The third-order valence-corrected chi connectivity index (χ3v) is 4.03. The van der Waals surface area contributed by atoms with E-state index in [1.807, 2.05) is 37.3 Å². The van der Waals surface area contributed by atoms with Crippen molar-refractivity contribution in [1.29, 1.82) is 0 Å². The van der Waals surface area contributed by atoms with Crippen LogP contribution in [0.2, 0.25) is 15.1 Å². The fourth-order valence-electron chi connectivity index (χ4n) is 2.29. The second kappa shape index (κ2) is 6.82. The van der Waals surface area contributed by atoms with E-state index in [-0.39, 0.29) is 6.04 Å². The van der Waals surface area contributed by atoms with E-state index in [0.29, 0.717) is 10.0 Å². The molecule has 0 saturated carbocycles. The van der Waals surface area contributed by atoms with Crippen LogP contribution < -0.4 is 5.32 Å². The Morgan fingerprint density at radius 2 is 1.60 bits per heavy atom. The Balaban J connectivity index is 2.53. The van der Waals surface area contributed by atoms with Crippen molar-refractivity contribution in [1.82, 2.24) is 5.32 Å². The van der Waals surface area contributed by atoms with Crippen molar-refractivity contribution in [2.75, 3.05) is 6.54 Å². The molecule has 2 aromatic rings.